The molecule has 1 aromatic carbocycles. The fourth-order valence-electron chi connectivity index (χ4n) is 2.81. The molecule has 2 unspecified atom stereocenters. The molecule has 1 aliphatic heterocycles. The lowest BCUT2D eigenvalue weighted by molar-refractivity contribution is -0.122. The first-order valence-electron chi connectivity index (χ1n) is 8.36. The molecule has 1 amide bonds. The fourth-order valence-corrected chi connectivity index (χ4v) is 3.89. The van der Waals surface area contributed by atoms with Gasteiger partial charge in [0.2, 0.25) is 5.91 Å². The Labute approximate surface area is 156 Å². The number of amides is 1. The number of nitrogens with one attached hydrogen (secondary N) is 2. The van der Waals surface area contributed by atoms with Gasteiger partial charge in [-0.05, 0) is 26.0 Å². The van der Waals surface area contributed by atoms with Crippen LogP contribution in [0.4, 0.5) is 0 Å². The van der Waals surface area contributed by atoms with Crippen molar-refractivity contribution in [3.63, 3.8) is 0 Å². The van der Waals surface area contributed by atoms with E-state index in [2.05, 4.69) is 10.6 Å². The number of carbonyl (C=O) groups is 1. The first kappa shape index (κ1) is 18.3. The number of hydrogen-bond acceptors (Lipinski definition) is 5. The van der Waals surface area contributed by atoms with Crippen molar-refractivity contribution in [2.75, 3.05) is 19.8 Å². The molecule has 134 valence electrons. The van der Waals surface area contributed by atoms with Crippen LogP contribution in [-0.2, 0) is 9.53 Å². The lowest BCUT2D eigenvalue weighted by atomic mass is 10.1. The Morgan fingerprint density at radius 1 is 1.48 bits per heavy atom. The number of hydrogen-bond donors (Lipinski definition) is 2. The first-order valence-corrected chi connectivity index (χ1v) is 9.56. The topological polar surface area (TPSA) is 63.2 Å². The molecular formula is C18H22ClN3O2S. The van der Waals surface area contributed by atoms with Crippen LogP contribution < -0.4 is 10.6 Å². The number of benzene rings is 1. The number of aryl methyl sites for hydroxylation is 1. The van der Waals surface area contributed by atoms with E-state index in [0.717, 1.165) is 27.7 Å². The average Bonchev–Trinajstić information content (AvgIpc) is 2.98. The van der Waals surface area contributed by atoms with Crippen LogP contribution in [0.1, 0.15) is 29.3 Å². The number of nitrogens with zero attached hydrogens (tertiary/aromatic N) is 1. The second-order valence-corrected chi connectivity index (χ2v) is 7.85. The zero-order valence-electron chi connectivity index (χ0n) is 14.3. The molecule has 1 aromatic heterocycles. The predicted molar refractivity (Wildman–Crippen MR) is 101 cm³/mol. The van der Waals surface area contributed by atoms with Gasteiger partial charge in [-0.1, -0.05) is 23.7 Å². The van der Waals surface area contributed by atoms with E-state index in [1.54, 1.807) is 11.3 Å². The molecule has 0 aliphatic carbocycles. The van der Waals surface area contributed by atoms with Gasteiger partial charge in [0.1, 0.15) is 5.01 Å². The smallest absolute Gasteiger partial charge is 0.222 e. The minimum absolute atomic E-state index is 0.0106. The Bertz CT molecular complexity index is 726. The molecule has 2 aromatic rings. The van der Waals surface area contributed by atoms with E-state index in [1.165, 1.54) is 0 Å². The molecule has 0 spiro atoms. The van der Waals surface area contributed by atoms with Crippen LogP contribution in [0.5, 0.6) is 0 Å². The van der Waals surface area contributed by atoms with Gasteiger partial charge in [-0.15, -0.1) is 11.3 Å². The second kappa shape index (κ2) is 8.27. The number of morpholine rings is 1. The third-order valence-corrected chi connectivity index (χ3v) is 5.51. The van der Waals surface area contributed by atoms with Crippen molar-refractivity contribution in [1.82, 2.24) is 15.6 Å². The molecule has 0 radical (unpaired) electrons. The third kappa shape index (κ3) is 4.79. The van der Waals surface area contributed by atoms with Crippen LogP contribution in [0.3, 0.4) is 0 Å². The molecule has 5 nitrogen and oxygen atoms in total. The van der Waals surface area contributed by atoms with Gasteiger partial charge in [-0.2, -0.15) is 0 Å². The molecule has 1 saturated heterocycles. The molecular weight excluding hydrogens is 358 g/mol. The predicted octanol–water partition coefficient (Wildman–Crippen LogP) is 3.33. The number of carbonyl (C=O) groups excluding carboxylic acids is 1. The monoisotopic (exact) mass is 379 g/mol. The quantitative estimate of drug-likeness (QED) is 0.836. The third-order valence-electron chi connectivity index (χ3n) is 4.11. The molecule has 25 heavy (non-hydrogen) atoms. The molecule has 0 saturated carbocycles. The van der Waals surface area contributed by atoms with Crippen molar-refractivity contribution in [3.8, 4) is 11.3 Å². The molecule has 1 fully saturated rings. The van der Waals surface area contributed by atoms with Crippen LogP contribution in [-0.4, -0.2) is 36.7 Å². The van der Waals surface area contributed by atoms with Crippen LogP contribution >= 0.6 is 22.9 Å². The van der Waals surface area contributed by atoms with Gasteiger partial charge in [-0.3, -0.25) is 4.79 Å². The summed E-state index contributed by atoms with van der Waals surface area (Å²) in [5.41, 5.74) is 1.98. The Balaban J connectivity index is 1.64. The lowest BCUT2D eigenvalue weighted by Crippen LogP contribution is -2.44. The van der Waals surface area contributed by atoms with E-state index < -0.39 is 0 Å². The Hall–Kier alpha value is -1.47. The van der Waals surface area contributed by atoms with E-state index in [1.807, 2.05) is 38.1 Å². The Morgan fingerprint density at radius 2 is 2.24 bits per heavy atom. The summed E-state index contributed by atoms with van der Waals surface area (Å²) in [4.78, 5) is 18.1. The summed E-state index contributed by atoms with van der Waals surface area (Å²) in [5.74, 6) is 0.0106. The maximum absolute atomic E-state index is 12.2. The highest BCUT2D eigenvalue weighted by atomic mass is 35.5. The highest BCUT2D eigenvalue weighted by molar-refractivity contribution is 7.12. The molecule has 3 rings (SSSR count). The van der Waals surface area contributed by atoms with E-state index >= 15 is 0 Å². The van der Waals surface area contributed by atoms with Crippen molar-refractivity contribution in [1.29, 1.82) is 0 Å². The Morgan fingerprint density at radius 3 is 2.92 bits per heavy atom. The number of rotatable bonds is 5. The minimum Gasteiger partial charge on any atom is -0.378 e. The van der Waals surface area contributed by atoms with Gasteiger partial charge < -0.3 is 15.4 Å². The van der Waals surface area contributed by atoms with E-state index in [-0.39, 0.29) is 18.0 Å². The first-order chi connectivity index (χ1) is 12.0. The average molecular weight is 380 g/mol. The van der Waals surface area contributed by atoms with Crippen molar-refractivity contribution in [3.05, 3.63) is 39.2 Å². The molecule has 7 heteroatoms. The van der Waals surface area contributed by atoms with Crippen LogP contribution in [0.15, 0.2) is 24.3 Å². The van der Waals surface area contributed by atoms with Gasteiger partial charge >= 0.3 is 0 Å². The van der Waals surface area contributed by atoms with Crippen molar-refractivity contribution in [2.45, 2.75) is 32.4 Å². The zero-order valence-corrected chi connectivity index (χ0v) is 15.9. The van der Waals surface area contributed by atoms with Crippen LogP contribution in [0.25, 0.3) is 11.3 Å². The number of aromatic nitrogens is 1. The largest absolute Gasteiger partial charge is 0.378 e. The normalized spacial score (nSPS) is 18.8. The maximum atomic E-state index is 12.2. The standard InChI is InChI=1S/C18H22ClN3O2S/c1-11(21-16(23)9-15-10-24-8-7-20-15)18-22-17(12(2)25-18)13-3-5-14(19)6-4-13/h3-6,11,15,20H,7-10H2,1-2H3,(H,21,23). The maximum Gasteiger partial charge on any atom is 0.222 e. The highest BCUT2D eigenvalue weighted by Crippen LogP contribution is 2.31. The number of ether oxygens (including phenoxy) is 1. The Kier molecular flexibility index (Phi) is 6.06. The van der Waals surface area contributed by atoms with Gasteiger partial charge in [0, 0.05) is 34.5 Å². The summed E-state index contributed by atoms with van der Waals surface area (Å²) < 4.78 is 5.39. The summed E-state index contributed by atoms with van der Waals surface area (Å²) >= 11 is 7.56. The lowest BCUT2D eigenvalue weighted by Gasteiger charge is -2.23. The minimum atomic E-state index is -0.123. The number of halogens is 1. The summed E-state index contributed by atoms with van der Waals surface area (Å²) in [6.07, 6.45) is 0.415. The summed E-state index contributed by atoms with van der Waals surface area (Å²) in [6, 6.07) is 7.61. The molecule has 2 heterocycles. The van der Waals surface area contributed by atoms with Gasteiger partial charge in [0.15, 0.2) is 0 Å². The summed E-state index contributed by atoms with van der Waals surface area (Å²) in [5, 5.41) is 7.94. The van der Waals surface area contributed by atoms with Crippen LogP contribution in [0.2, 0.25) is 5.02 Å². The molecule has 2 N–H and O–H groups in total. The SMILES string of the molecule is Cc1sc(C(C)NC(=O)CC2COCCN2)nc1-c1ccc(Cl)cc1. The molecule has 0 bridgehead atoms. The van der Waals surface area contributed by atoms with E-state index in [0.29, 0.717) is 24.7 Å². The van der Waals surface area contributed by atoms with Gasteiger partial charge in [0.25, 0.3) is 0 Å². The molecule has 2 atom stereocenters. The van der Waals surface area contributed by atoms with Crippen LogP contribution in [0, 0.1) is 6.92 Å². The van der Waals surface area contributed by atoms with E-state index in [9.17, 15) is 4.79 Å². The molecule has 1 aliphatic rings. The van der Waals surface area contributed by atoms with Gasteiger partial charge in [0.05, 0.1) is 24.9 Å². The van der Waals surface area contributed by atoms with E-state index in [4.69, 9.17) is 21.3 Å². The highest BCUT2D eigenvalue weighted by Gasteiger charge is 2.20. The fraction of sp³-hybridized carbons (Fsp3) is 0.444. The number of thiazole rings is 1. The second-order valence-electron chi connectivity index (χ2n) is 6.18. The summed E-state index contributed by atoms with van der Waals surface area (Å²) in [7, 11) is 0. The summed E-state index contributed by atoms with van der Waals surface area (Å²) in [6.45, 7) is 6.10. The zero-order chi connectivity index (χ0) is 17.8. The van der Waals surface area contributed by atoms with Crippen molar-refractivity contribution >= 4 is 28.8 Å². The van der Waals surface area contributed by atoms with Crippen molar-refractivity contribution in [2.24, 2.45) is 0 Å². The van der Waals surface area contributed by atoms with Crippen molar-refractivity contribution < 1.29 is 9.53 Å². The van der Waals surface area contributed by atoms with Gasteiger partial charge in [-0.25, -0.2) is 4.98 Å².